The molecule has 2 saturated heterocycles. The van der Waals surface area contributed by atoms with Crippen molar-refractivity contribution in [2.24, 2.45) is 39.7 Å². The van der Waals surface area contributed by atoms with Crippen molar-refractivity contribution in [3.05, 3.63) is 0 Å². The van der Waals surface area contributed by atoms with Crippen molar-refractivity contribution < 1.29 is 37.2 Å². The van der Waals surface area contributed by atoms with E-state index in [0.29, 0.717) is 6.42 Å². The lowest BCUT2D eigenvalue weighted by Gasteiger charge is -2.39. The van der Waals surface area contributed by atoms with Crippen LogP contribution in [0.3, 0.4) is 0 Å². The van der Waals surface area contributed by atoms with Crippen LogP contribution < -0.4 is 21.7 Å². The summed E-state index contributed by atoms with van der Waals surface area (Å²) in [5.74, 6) is -3.52. The lowest BCUT2D eigenvalue weighted by molar-refractivity contribution is -0.145. The number of amides is 6. The summed E-state index contributed by atoms with van der Waals surface area (Å²) in [6.45, 7) is 16.5. The maximum absolute atomic E-state index is 14.4. The van der Waals surface area contributed by atoms with Gasteiger partial charge in [0.1, 0.15) is 12.1 Å². The zero-order valence-corrected chi connectivity index (χ0v) is 31.1. The molecule has 15 nitrogen and oxygen atoms in total. The minimum absolute atomic E-state index is 0.0166. The van der Waals surface area contributed by atoms with Gasteiger partial charge < -0.3 is 26.6 Å². The second kappa shape index (κ2) is 13.5. The van der Waals surface area contributed by atoms with E-state index in [2.05, 4.69) is 16.0 Å². The maximum Gasteiger partial charge on any atom is 0.315 e. The number of rotatable bonds is 11. The van der Waals surface area contributed by atoms with Gasteiger partial charge in [0, 0.05) is 32.6 Å². The number of nitrogens with two attached hydrogens (primary N) is 1. The number of urea groups is 1. The highest BCUT2D eigenvalue weighted by Gasteiger charge is 2.70. The van der Waals surface area contributed by atoms with Gasteiger partial charge in [0.15, 0.2) is 0 Å². The fraction of sp³-hybridized carbons (Fsp3) is 0.818. The van der Waals surface area contributed by atoms with E-state index in [-0.39, 0.29) is 49.3 Å². The monoisotopic (exact) mass is 709 g/mol. The third-order valence-electron chi connectivity index (χ3n) is 11.1. The van der Waals surface area contributed by atoms with Gasteiger partial charge in [-0.25, -0.2) is 9.10 Å². The molecule has 16 heteroatoms. The first-order valence-corrected chi connectivity index (χ1v) is 18.6. The third-order valence-corrected chi connectivity index (χ3v) is 13.0. The second-order valence-electron chi connectivity index (χ2n) is 17.0. The van der Waals surface area contributed by atoms with Gasteiger partial charge >= 0.3 is 16.2 Å². The largest absolute Gasteiger partial charge is 0.363 e. The van der Waals surface area contributed by atoms with E-state index in [4.69, 9.17) is 5.73 Å². The molecule has 4 rings (SSSR count). The molecule has 5 N–H and O–H groups in total. The van der Waals surface area contributed by atoms with Crippen LogP contribution in [-0.2, 0) is 34.2 Å². The Labute approximate surface area is 290 Å². The number of piperidine rings is 1. The molecule has 4 fully saturated rings. The molecule has 2 aliphatic carbocycles. The number of likely N-dealkylation sites (tertiary alicyclic amines) is 1. The molecule has 2 unspecified atom stereocenters. The van der Waals surface area contributed by atoms with E-state index in [1.54, 1.807) is 20.8 Å². The summed E-state index contributed by atoms with van der Waals surface area (Å²) in [6.07, 6.45) is 3.11. The highest BCUT2D eigenvalue weighted by molar-refractivity contribution is 7.87. The van der Waals surface area contributed by atoms with E-state index in [9.17, 15) is 37.2 Å². The average molecular weight is 710 g/mol. The topological polar surface area (TPSA) is 208 Å². The molecule has 2 saturated carbocycles. The van der Waals surface area contributed by atoms with Gasteiger partial charge in [-0.2, -0.15) is 12.7 Å². The summed E-state index contributed by atoms with van der Waals surface area (Å²) in [4.78, 5) is 79.9. The van der Waals surface area contributed by atoms with Crippen molar-refractivity contribution in [1.29, 1.82) is 0 Å². The number of nitrogens with zero attached hydrogens (tertiary/aromatic N) is 3. The molecule has 0 aromatic heterocycles. The molecule has 276 valence electrons. The Bertz CT molecular complexity index is 1480. The van der Waals surface area contributed by atoms with Gasteiger partial charge in [0.2, 0.25) is 23.5 Å². The Kier molecular flexibility index (Phi) is 10.6. The van der Waals surface area contributed by atoms with Crippen LogP contribution in [0.5, 0.6) is 0 Å². The number of ketones is 1. The Morgan fingerprint density at radius 3 is 2.00 bits per heavy atom. The van der Waals surface area contributed by atoms with Crippen molar-refractivity contribution in [3.8, 4) is 0 Å². The number of primary amides is 1. The van der Waals surface area contributed by atoms with E-state index >= 15 is 0 Å². The van der Waals surface area contributed by atoms with Crippen LogP contribution in [0, 0.1) is 34.0 Å². The molecule has 2 heterocycles. The number of carbonyl (C=O) groups excluding carboxylic acids is 6. The van der Waals surface area contributed by atoms with Gasteiger partial charge in [-0.1, -0.05) is 74.7 Å². The molecule has 0 aromatic rings. The first kappa shape index (κ1) is 38.5. The minimum atomic E-state index is -4.04. The summed E-state index contributed by atoms with van der Waals surface area (Å²) >= 11 is 0. The van der Waals surface area contributed by atoms with Crippen LogP contribution in [0.2, 0.25) is 0 Å². The van der Waals surface area contributed by atoms with Crippen molar-refractivity contribution >= 4 is 45.7 Å². The van der Waals surface area contributed by atoms with Crippen LogP contribution >= 0.6 is 0 Å². The normalized spacial score (nSPS) is 26.5. The molecule has 6 amide bonds. The number of nitrogens with one attached hydrogen (secondary N) is 3. The third kappa shape index (κ3) is 7.89. The molecule has 49 heavy (non-hydrogen) atoms. The van der Waals surface area contributed by atoms with Gasteiger partial charge in [0.05, 0.1) is 12.6 Å². The fourth-order valence-corrected chi connectivity index (χ4v) is 9.06. The molecule has 0 aromatic carbocycles. The van der Waals surface area contributed by atoms with Gasteiger partial charge in [0.25, 0.3) is 5.91 Å². The number of hydrogen-bond donors (Lipinski definition) is 4. The second-order valence-corrected chi connectivity index (χ2v) is 18.9. The van der Waals surface area contributed by atoms with Gasteiger partial charge in [-0.3, -0.25) is 24.0 Å². The van der Waals surface area contributed by atoms with Crippen LogP contribution in [0.15, 0.2) is 0 Å². The average Bonchev–Trinajstić information content (AvgIpc) is 3.23. The molecular formula is C33H55N7O8S. The van der Waals surface area contributed by atoms with E-state index in [0.717, 1.165) is 23.6 Å². The SMILES string of the molecule is CC(=O)N1CCN(C[C@@H](NC(=O)N[C@H](C(=O)N2C[C@H]3[C@@H](C2C(=O)NC(CC2CCC2)C(=O)C(N)=O)C3(C)C)C(C)(C)C)C(C)(C)C)S1(=O)=O. The number of hydrogen-bond acceptors (Lipinski definition) is 8. The lowest BCUT2D eigenvalue weighted by atomic mass is 9.80. The standard InChI is InChI=1S/C33H55N7O8S/c1-18(41)40-14-13-38(49(40,47)48)17-22(31(2,3)4)36-30(46)37-26(32(5,6)7)29(45)39-16-20-23(33(20,8)9)24(39)28(44)35-21(25(42)27(34)43)15-19-11-10-12-19/h19-24,26H,10-17H2,1-9H3,(H2,34,43)(H,35,44)(H2,36,37,46)/t20-,21?,22+,23-,24?,26+/m0/s1. The molecule has 0 radical (unpaired) electrons. The molecule has 2 aliphatic heterocycles. The number of fused-ring (bicyclic) bond motifs is 1. The highest BCUT2D eigenvalue weighted by Crippen LogP contribution is 2.65. The van der Waals surface area contributed by atoms with Gasteiger partial charge in [-0.05, 0) is 40.4 Å². The zero-order valence-electron chi connectivity index (χ0n) is 30.3. The predicted molar refractivity (Wildman–Crippen MR) is 180 cm³/mol. The first-order chi connectivity index (χ1) is 22.4. The predicted octanol–water partition coefficient (Wildman–Crippen LogP) is 0.736. The molecule has 4 aliphatic rings. The smallest absolute Gasteiger partial charge is 0.315 e. The van der Waals surface area contributed by atoms with Crippen LogP contribution in [-0.4, -0.2) is 108 Å². The van der Waals surface area contributed by atoms with Crippen LogP contribution in [0.25, 0.3) is 0 Å². The van der Waals surface area contributed by atoms with Crippen molar-refractivity contribution in [1.82, 2.24) is 29.5 Å². The van der Waals surface area contributed by atoms with Crippen LogP contribution in [0.4, 0.5) is 4.79 Å². The minimum Gasteiger partial charge on any atom is -0.363 e. The zero-order chi connectivity index (χ0) is 37.0. The molecule has 6 atom stereocenters. The van der Waals surface area contributed by atoms with Crippen molar-refractivity contribution in [2.45, 2.75) is 112 Å². The van der Waals surface area contributed by atoms with E-state index in [1.165, 1.54) is 16.1 Å². The first-order valence-electron chi connectivity index (χ1n) is 17.2. The summed E-state index contributed by atoms with van der Waals surface area (Å²) in [5.41, 5.74) is 3.69. The van der Waals surface area contributed by atoms with Crippen molar-refractivity contribution in [2.75, 3.05) is 26.2 Å². The summed E-state index contributed by atoms with van der Waals surface area (Å²) in [5, 5.41) is 8.45. The lowest BCUT2D eigenvalue weighted by Crippen LogP contribution is -2.62. The van der Waals surface area contributed by atoms with E-state index in [1.807, 2.05) is 34.6 Å². The van der Waals surface area contributed by atoms with Gasteiger partial charge in [-0.15, -0.1) is 0 Å². The van der Waals surface area contributed by atoms with Crippen LogP contribution in [0.1, 0.15) is 88.0 Å². The molecule has 0 spiro atoms. The maximum atomic E-state index is 14.4. The number of carbonyl (C=O) groups is 6. The molecule has 0 bridgehead atoms. The Morgan fingerprint density at radius 1 is 0.918 bits per heavy atom. The summed E-state index contributed by atoms with van der Waals surface area (Å²) < 4.78 is 27.9. The summed E-state index contributed by atoms with van der Waals surface area (Å²) in [7, 11) is -4.04. The fourth-order valence-electron chi connectivity index (χ4n) is 7.50. The Balaban J connectivity index is 1.52. The quantitative estimate of drug-likeness (QED) is 0.224. The summed E-state index contributed by atoms with van der Waals surface area (Å²) in [6, 6.07) is -4.46. The highest BCUT2D eigenvalue weighted by atomic mass is 32.2. The number of Topliss-reactive ketones (excluding diaryl/α,β-unsaturated/α-hetero) is 1. The van der Waals surface area contributed by atoms with Crippen molar-refractivity contribution in [3.63, 3.8) is 0 Å². The van der Waals surface area contributed by atoms with E-state index < -0.39 is 80.6 Å². The molecular weight excluding hydrogens is 654 g/mol. The Hall–Kier alpha value is -3.27. The Morgan fingerprint density at radius 2 is 1.53 bits per heavy atom.